The fourth-order valence-electron chi connectivity index (χ4n) is 2.81. The topological polar surface area (TPSA) is 43.8 Å². The molecule has 0 saturated carbocycles. The minimum Gasteiger partial charge on any atom is -0.390 e. The Kier molecular flexibility index (Phi) is 6.05. The van der Waals surface area contributed by atoms with E-state index in [1.807, 2.05) is 6.92 Å². The number of nitrogens with zero attached hydrogens (tertiary/aromatic N) is 2. The molecule has 2 rings (SSSR count). The van der Waals surface area contributed by atoms with Crippen molar-refractivity contribution >= 4 is 5.91 Å². The van der Waals surface area contributed by atoms with Crippen molar-refractivity contribution in [2.45, 2.75) is 38.1 Å². The molecule has 1 saturated heterocycles. The molecule has 0 radical (unpaired) electrons. The molecule has 1 unspecified atom stereocenters. The summed E-state index contributed by atoms with van der Waals surface area (Å²) >= 11 is 0. The molecule has 1 heterocycles. The van der Waals surface area contributed by atoms with E-state index < -0.39 is 23.5 Å². The summed E-state index contributed by atoms with van der Waals surface area (Å²) in [5, 5.41) is 9.21. The van der Waals surface area contributed by atoms with Gasteiger partial charge in [0, 0.05) is 31.7 Å². The lowest BCUT2D eigenvalue weighted by molar-refractivity contribution is -0.140. The number of aliphatic hydroxyl groups is 1. The van der Waals surface area contributed by atoms with Gasteiger partial charge in [-0.3, -0.25) is 9.69 Å². The van der Waals surface area contributed by atoms with Crippen LogP contribution in [-0.2, 0) is 6.18 Å². The van der Waals surface area contributed by atoms with Gasteiger partial charge in [-0.05, 0) is 44.5 Å². The lowest BCUT2D eigenvalue weighted by Crippen LogP contribution is -2.50. The van der Waals surface area contributed by atoms with Crippen LogP contribution < -0.4 is 0 Å². The Balaban J connectivity index is 1.94. The van der Waals surface area contributed by atoms with Crippen LogP contribution in [0, 0.1) is 5.82 Å². The van der Waals surface area contributed by atoms with Gasteiger partial charge in [-0.25, -0.2) is 4.39 Å². The smallest absolute Gasteiger partial charge is 0.390 e. The quantitative estimate of drug-likeness (QED) is 0.792. The maximum absolute atomic E-state index is 13.3. The first-order chi connectivity index (χ1) is 11.6. The second kappa shape index (κ2) is 7.70. The molecule has 0 bridgehead atoms. The number of benzene rings is 1. The molecule has 25 heavy (non-hydrogen) atoms. The number of amides is 1. The van der Waals surface area contributed by atoms with Crippen molar-refractivity contribution in [2.75, 3.05) is 26.7 Å². The van der Waals surface area contributed by atoms with Gasteiger partial charge >= 0.3 is 6.18 Å². The van der Waals surface area contributed by atoms with E-state index in [-0.39, 0.29) is 17.7 Å². The van der Waals surface area contributed by atoms with Crippen molar-refractivity contribution in [3.8, 4) is 0 Å². The normalized spacial score (nSPS) is 17.2. The first-order valence-corrected chi connectivity index (χ1v) is 8.14. The van der Waals surface area contributed by atoms with Gasteiger partial charge in [0.15, 0.2) is 0 Å². The van der Waals surface area contributed by atoms with Crippen molar-refractivity contribution in [3.63, 3.8) is 0 Å². The number of likely N-dealkylation sites (tertiary alicyclic amines) is 1. The summed E-state index contributed by atoms with van der Waals surface area (Å²) in [4.78, 5) is 15.8. The number of halogens is 4. The molecule has 8 heteroatoms. The Hall–Kier alpha value is -1.67. The van der Waals surface area contributed by atoms with Crippen molar-refractivity contribution in [1.82, 2.24) is 9.80 Å². The molecule has 0 aromatic heterocycles. The highest BCUT2D eigenvalue weighted by Gasteiger charge is 2.35. The van der Waals surface area contributed by atoms with Crippen LogP contribution in [0.25, 0.3) is 0 Å². The molecule has 1 N–H and O–H groups in total. The van der Waals surface area contributed by atoms with Crippen LogP contribution in [0.2, 0.25) is 0 Å². The zero-order chi connectivity index (χ0) is 18.8. The molecule has 4 nitrogen and oxygen atoms in total. The highest BCUT2D eigenvalue weighted by molar-refractivity contribution is 5.94. The van der Waals surface area contributed by atoms with Gasteiger partial charge in [0.2, 0.25) is 0 Å². The monoisotopic (exact) mass is 362 g/mol. The van der Waals surface area contributed by atoms with E-state index in [1.165, 1.54) is 11.9 Å². The maximum Gasteiger partial charge on any atom is 0.419 e. The first kappa shape index (κ1) is 19.7. The summed E-state index contributed by atoms with van der Waals surface area (Å²) in [6, 6.07) is 2.13. The molecule has 1 aliphatic heterocycles. The molecular weight excluding hydrogens is 340 g/mol. The van der Waals surface area contributed by atoms with Crippen LogP contribution >= 0.6 is 0 Å². The third kappa shape index (κ3) is 4.92. The second-order valence-corrected chi connectivity index (χ2v) is 6.51. The molecule has 1 atom stereocenters. The zero-order valence-corrected chi connectivity index (χ0v) is 14.2. The van der Waals surface area contributed by atoms with E-state index in [9.17, 15) is 27.5 Å². The molecule has 0 spiro atoms. The van der Waals surface area contributed by atoms with Gasteiger partial charge in [0.1, 0.15) is 5.82 Å². The molecular formula is C17H22F4N2O2. The Labute approximate surface area is 144 Å². The summed E-state index contributed by atoms with van der Waals surface area (Å²) in [6.45, 7) is 3.92. The first-order valence-electron chi connectivity index (χ1n) is 8.14. The van der Waals surface area contributed by atoms with Crippen molar-refractivity contribution in [1.29, 1.82) is 0 Å². The Morgan fingerprint density at radius 3 is 2.60 bits per heavy atom. The SMILES string of the molecule is CC(CCCN1CC(O)C1)N(C)C(=O)c1ccc(F)c(C(F)(F)F)c1. The van der Waals surface area contributed by atoms with Gasteiger partial charge in [-0.15, -0.1) is 0 Å². The average molecular weight is 362 g/mol. The van der Waals surface area contributed by atoms with Gasteiger partial charge in [0.05, 0.1) is 11.7 Å². The van der Waals surface area contributed by atoms with Gasteiger partial charge < -0.3 is 10.0 Å². The predicted octanol–water partition coefficient (Wildman–Crippen LogP) is 2.76. The van der Waals surface area contributed by atoms with Gasteiger partial charge in [-0.1, -0.05) is 0 Å². The molecule has 1 amide bonds. The summed E-state index contributed by atoms with van der Waals surface area (Å²) in [6.07, 6.45) is -3.61. The third-order valence-corrected chi connectivity index (χ3v) is 4.53. The lowest BCUT2D eigenvalue weighted by atomic mass is 10.1. The fraction of sp³-hybridized carbons (Fsp3) is 0.588. The van der Waals surface area contributed by atoms with Crippen LogP contribution in [-0.4, -0.2) is 59.6 Å². The highest BCUT2D eigenvalue weighted by atomic mass is 19.4. The zero-order valence-electron chi connectivity index (χ0n) is 14.2. The Bertz CT molecular complexity index is 615. The van der Waals surface area contributed by atoms with Crippen LogP contribution in [0.1, 0.15) is 35.7 Å². The van der Waals surface area contributed by atoms with Gasteiger partial charge in [-0.2, -0.15) is 13.2 Å². The summed E-state index contributed by atoms with van der Waals surface area (Å²) in [5.41, 5.74) is -1.62. The second-order valence-electron chi connectivity index (χ2n) is 6.51. The highest BCUT2D eigenvalue weighted by Crippen LogP contribution is 2.32. The standard InChI is InChI=1S/C17H22F4N2O2/c1-11(4-3-7-23-9-13(24)10-23)22(2)16(25)12-5-6-15(18)14(8-12)17(19,20)21/h5-6,8,11,13,24H,3-4,7,9-10H2,1-2H3. The molecule has 140 valence electrons. The minimum atomic E-state index is -4.84. The number of carbonyl (C=O) groups excluding carboxylic acids is 1. The van der Waals surface area contributed by atoms with E-state index in [4.69, 9.17) is 0 Å². The minimum absolute atomic E-state index is 0.168. The lowest BCUT2D eigenvalue weighted by Gasteiger charge is -2.36. The number of β-amino-alcohol motifs (C(OH)–C–C–N with tert-alkyl or cyclic N) is 1. The number of rotatable bonds is 6. The maximum atomic E-state index is 13.3. The number of aliphatic hydroxyl groups excluding tert-OH is 1. The molecule has 1 aromatic carbocycles. The molecule has 1 aromatic rings. The molecule has 1 aliphatic rings. The Morgan fingerprint density at radius 2 is 2.04 bits per heavy atom. The molecule has 0 aliphatic carbocycles. The summed E-state index contributed by atoms with van der Waals surface area (Å²) in [5.74, 6) is -1.96. The van der Waals surface area contributed by atoms with E-state index >= 15 is 0 Å². The van der Waals surface area contributed by atoms with Crippen molar-refractivity contribution in [3.05, 3.63) is 35.1 Å². The number of carbonyl (C=O) groups is 1. The summed E-state index contributed by atoms with van der Waals surface area (Å²) < 4.78 is 51.6. The van der Waals surface area contributed by atoms with E-state index in [1.54, 1.807) is 0 Å². The number of alkyl halides is 3. The largest absolute Gasteiger partial charge is 0.419 e. The average Bonchev–Trinajstić information content (AvgIpc) is 2.50. The summed E-state index contributed by atoms with van der Waals surface area (Å²) in [7, 11) is 1.52. The number of hydrogen-bond donors (Lipinski definition) is 1. The van der Waals surface area contributed by atoms with E-state index in [0.717, 1.165) is 19.0 Å². The van der Waals surface area contributed by atoms with Crippen LogP contribution in [0.4, 0.5) is 17.6 Å². The van der Waals surface area contributed by atoms with E-state index in [2.05, 4.69) is 4.90 Å². The van der Waals surface area contributed by atoms with Crippen LogP contribution in [0.5, 0.6) is 0 Å². The van der Waals surface area contributed by atoms with E-state index in [0.29, 0.717) is 31.6 Å². The fourth-order valence-corrected chi connectivity index (χ4v) is 2.81. The Morgan fingerprint density at radius 1 is 1.40 bits per heavy atom. The van der Waals surface area contributed by atoms with Crippen LogP contribution in [0.15, 0.2) is 18.2 Å². The third-order valence-electron chi connectivity index (χ3n) is 4.53. The van der Waals surface area contributed by atoms with Crippen LogP contribution in [0.3, 0.4) is 0 Å². The van der Waals surface area contributed by atoms with Gasteiger partial charge in [0.25, 0.3) is 5.91 Å². The van der Waals surface area contributed by atoms with Crippen molar-refractivity contribution in [2.24, 2.45) is 0 Å². The number of hydrogen-bond acceptors (Lipinski definition) is 3. The predicted molar refractivity (Wildman–Crippen MR) is 84.6 cm³/mol. The van der Waals surface area contributed by atoms with Crippen molar-refractivity contribution < 1.29 is 27.5 Å². The molecule has 1 fully saturated rings.